The number of hydrazine groups is 1. The second kappa shape index (κ2) is 8.28. The van der Waals surface area contributed by atoms with Crippen molar-refractivity contribution >= 4 is 57.6 Å². The van der Waals surface area contributed by atoms with Crippen LogP contribution in [0.15, 0.2) is 36.4 Å². The maximum Gasteiger partial charge on any atom is 0.189 e. The van der Waals surface area contributed by atoms with Gasteiger partial charge in [-0.2, -0.15) is 0 Å². The van der Waals surface area contributed by atoms with E-state index in [2.05, 4.69) is 34.5 Å². The first kappa shape index (κ1) is 18.4. The lowest BCUT2D eigenvalue weighted by atomic mass is 10.1. The fourth-order valence-electron chi connectivity index (χ4n) is 1.99. The molecule has 0 saturated heterocycles. The van der Waals surface area contributed by atoms with Crippen LogP contribution in [0.25, 0.3) is 0 Å². The van der Waals surface area contributed by atoms with Gasteiger partial charge in [-0.1, -0.05) is 29.8 Å². The molecule has 0 heterocycles. The summed E-state index contributed by atoms with van der Waals surface area (Å²) in [5, 5.41) is 7.67. The number of anilines is 2. The van der Waals surface area contributed by atoms with Crippen molar-refractivity contribution in [1.29, 1.82) is 0 Å². The predicted octanol–water partition coefficient (Wildman–Crippen LogP) is 4.45. The zero-order valence-electron chi connectivity index (χ0n) is 13.7. The summed E-state index contributed by atoms with van der Waals surface area (Å²) < 4.78 is 0. The lowest BCUT2D eigenvalue weighted by molar-refractivity contribution is 0.885. The fourth-order valence-corrected chi connectivity index (χ4v) is 2.50. The number of rotatable bonds is 2. The Labute approximate surface area is 158 Å². The Kier molecular flexibility index (Phi) is 6.36. The summed E-state index contributed by atoms with van der Waals surface area (Å²) >= 11 is 16.6. The second-order valence-corrected chi connectivity index (χ2v) is 6.59. The number of hydrogen-bond donors (Lipinski definition) is 4. The van der Waals surface area contributed by atoms with Crippen LogP contribution < -0.4 is 21.5 Å². The van der Waals surface area contributed by atoms with Crippen LogP contribution in [0.3, 0.4) is 0 Å². The monoisotopic (exact) mass is 378 g/mol. The molecular formula is C17H19ClN4S2. The standard InChI is InChI=1S/C17H19ClN4S2/c1-10-5-4-6-15(12(10)3)20-17(24)22-21-16(23)19-13-8-7-11(2)14(18)9-13/h4-9H,1-3H3,(H2,19,21,23)(H2,20,22,24). The van der Waals surface area contributed by atoms with Crippen LogP contribution in [0, 0.1) is 20.8 Å². The molecule has 0 aliphatic heterocycles. The van der Waals surface area contributed by atoms with Gasteiger partial charge in [0.25, 0.3) is 0 Å². The third kappa shape index (κ3) is 5.06. The van der Waals surface area contributed by atoms with E-state index in [9.17, 15) is 0 Å². The van der Waals surface area contributed by atoms with Gasteiger partial charge in [0.15, 0.2) is 10.2 Å². The van der Waals surface area contributed by atoms with Gasteiger partial charge >= 0.3 is 0 Å². The molecule has 0 bridgehead atoms. The van der Waals surface area contributed by atoms with Crippen LogP contribution in [0.5, 0.6) is 0 Å². The normalized spacial score (nSPS) is 10.0. The zero-order valence-corrected chi connectivity index (χ0v) is 16.0. The predicted molar refractivity (Wildman–Crippen MR) is 111 cm³/mol. The quantitative estimate of drug-likeness (QED) is 0.457. The third-order valence-electron chi connectivity index (χ3n) is 3.57. The molecule has 0 atom stereocenters. The first-order valence-corrected chi connectivity index (χ1v) is 8.52. The highest BCUT2D eigenvalue weighted by Crippen LogP contribution is 2.20. The third-order valence-corrected chi connectivity index (χ3v) is 4.39. The summed E-state index contributed by atoms with van der Waals surface area (Å²) in [4.78, 5) is 0. The van der Waals surface area contributed by atoms with Crippen LogP contribution in [-0.4, -0.2) is 10.2 Å². The highest BCUT2D eigenvalue weighted by molar-refractivity contribution is 7.81. The van der Waals surface area contributed by atoms with Crippen molar-refractivity contribution < 1.29 is 0 Å². The molecule has 0 aliphatic carbocycles. The number of halogens is 1. The molecule has 0 aromatic heterocycles. The largest absolute Gasteiger partial charge is 0.331 e. The number of thiocarbonyl (C=S) groups is 2. The van der Waals surface area contributed by atoms with Crippen molar-refractivity contribution in [1.82, 2.24) is 10.9 Å². The van der Waals surface area contributed by atoms with Crippen LogP contribution in [0.1, 0.15) is 16.7 Å². The number of aryl methyl sites for hydroxylation is 2. The van der Waals surface area contributed by atoms with Crippen LogP contribution >= 0.6 is 36.0 Å². The van der Waals surface area contributed by atoms with Crippen molar-refractivity contribution in [3.63, 3.8) is 0 Å². The lowest BCUT2D eigenvalue weighted by Gasteiger charge is -2.16. The van der Waals surface area contributed by atoms with Crippen molar-refractivity contribution in [3.8, 4) is 0 Å². The molecule has 4 nitrogen and oxygen atoms in total. The summed E-state index contributed by atoms with van der Waals surface area (Å²) in [5.41, 5.74) is 10.8. The molecule has 0 saturated carbocycles. The van der Waals surface area contributed by atoms with Gasteiger partial charge in [0.1, 0.15) is 0 Å². The van der Waals surface area contributed by atoms with E-state index in [0.717, 1.165) is 22.5 Å². The van der Waals surface area contributed by atoms with Crippen molar-refractivity contribution in [2.45, 2.75) is 20.8 Å². The van der Waals surface area contributed by atoms with Gasteiger partial charge in [-0.05, 0) is 80.1 Å². The Bertz CT molecular complexity index is 777. The Morgan fingerprint density at radius 3 is 2.21 bits per heavy atom. The van der Waals surface area contributed by atoms with Gasteiger partial charge in [0, 0.05) is 16.4 Å². The van der Waals surface area contributed by atoms with E-state index in [1.54, 1.807) is 0 Å². The average molecular weight is 379 g/mol. The van der Waals surface area contributed by atoms with Crippen LogP contribution in [0.4, 0.5) is 11.4 Å². The Morgan fingerprint density at radius 2 is 1.54 bits per heavy atom. The molecule has 2 aromatic carbocycles. The Hall–Kier alpha value is -1.89. The van der Waals surface area contributed by atoms with Gasteiger partial charge in [-0.25, -0.2) is 0 Å². The maximum atomic E-state index is 6.09. The fraction of sp³-hybridized carbons (Fsp3) is 0.176. The molecule has 0 aliphatic rings. The first-order chi connectivity index (χ1) is 11.4. The molecule has 0 spiro atoms. The van der Waals surface area contributed by atoms with Gasteiger partial charge < -0.3 is 10.6 Å². The zero-order chi connectivity index (χ0) is 17.7. The highest BCUT2D eigenvalue weighted by atomic mass is 35.5. The second-order valence-electron chi connectivity index (χ2n) is 5.37. The Balaban J connectivity index is 1.86. The molecule has 2 aromatic rings. The molecule has 0 amide bonds. The minimum absolute atomic E-state index is 0.389. The first-order valence-electron chi connectivity index (χ1n) is 7.33. The van der Waals surface area contributed by atoms with E-state index in [-0.39, 0.29) is 0 Å². The highest BCUT2D eigenvalue weighted by Gasteiger charge is 2.04. The molecule has 7 heteroatoms. The van der Waals surface area contributed by atoms with Gasteiger partial charge in [-0.15, -0.1) is 0 Å². The minimum atomic E-state index is 0.389. The molecule has 0 fully saturated rings. The van der Waals surface area contributed by atoms with E-state index in [1.165, 1.54) is 5.56 Å². The minimum Gasteiger partial charge on any atom is -0.331 e. The average Bonchev–Trinajstić information content (AvgIpc) is 2.53. The van der Waals surface area contributed by atoms with E-state index in [4.69, 9.17) is 36.0 Å². The summed E-state index contributed by atoms with van der Waals surface area (Å²) in [7, 11) is 0. The molecular weight excluding hydrogens is 360 g/mol. The number of nitrogens with one attached hydrogen (secondary N) is 4. The summed E-state index contributed by atoms with van der Waals surface area (Å²) in [5.74, 6) is 0. The topological polar surface area (TPSA) is 48.1 Å². The van der Waals surface area contributed by atoms with E-state index in [1.807, 2.05) is 44.2 Å². The van der Waals surface area contributed by atoms with Crippen molar-refractivity contribution in [2.24, 2.45) is 0 Å². The van der Waals surface area contributed by atoms with E-state index >= 15 is 0 Å². The van der Waals surface area contributed by atoms with Crippen LogP contribution in [0.2, 0.25) is 5.02 Å². The van der Waals surface area contributed by atoms with Gasteiger partial charge in [0.05, 0.1) is 0 Å². The molecule has 0 unspecified atom stereocenters. The summed E-state index contributed by atoms with van der Waals surface area (Å²) in [6.45, 7) is 6.05. The lowest BCUT2D eigenvalue weighted by Crippen LogP contribution is -2.45. The molecule has 4 N–H and O–H groups in total. The number of benzene rings is 2. The van der Waals surface area contributed by atoms with Gasteiger partial charge in [-0.3, -0.25) is 10.9 Å². The maximum absolute atomic E-state index is 6.09. The SMILES string of the molecule is Cc1ccc(NC(=S)NNC(=S)Nc2cccc(C)c2C)cc1Cl. The van der Waals surface area contributed by atoms with Crippen molar-refractivity contribution in [3.05, 3.63) is 58.1 Å². The Morgan fingerprint density at radius 1 is 0.875 bits per heavy atom. The van der Waals surface area contributed by atoms with Crippen molar-refractivity contribution in [2.75, 3.05) is 10.6 Å². The molecule has 0 radical (unpaired) electrons. The summed E-state index contributed by atoms with van der Waals surface area (Å²) in [6.07, 6.45) is 0. The van der Waals surface area contributed by atoms with Crippen LogP contribution in [-0.2, 0) is 0 Å². The van der Waals surface area contributed by atoms with E-state index < -0.39 is 0 Å². The summed E-state index contributed by atoms with van der Waals surface area (Å²) in [6, 6.07) is 11.7. The molecule has 126 valence electrons. The molecule has 24 heavy (non-hydrogen) atoms. The number of hydrogen-bond acceptors (Lipinski definition) is 2. The smallest absolute Gasteiger partial charge is 0.189 e. The molecule has 2 rings (SSSR count). The van der Waals surface area contributed by atoms with Gasteiger partial charge in [0.2, 0.25) is 0 Å². The van der Waals surface area contributed by atoms with E-state index in [0.29, 0.717) is 15.2 Å².